The third-order valence-corrected chi connectivity index (χ3v) is 2.98. The number of halogens is 1. The third kappa shape index (κ3) is 5.36. The summed E-state index contributed by atoms with van der Waals surface area (Å²) in [5.41, 5.74) is -0.521. The Hall–Kier alpha value is -1.30. The molecule has 0 unspecified atom stereocenters. The molecule has 1 fully saturated rings. The first-order valence-electron chi connectivity index (χ1n) is 6.67. The van der Waals surface area contributed by atoms with Gasteiger partial charge in [0.05, 0.1) is 0 Å². The standard InChI is InChI=1S/C13H21ClN2O4/c1-13(2,3)20-12(19)16-8-4-6-15(7-5-9-16)11(18)10(14)17/h4-9H2,1-3H3. The fourth-order valence-electron chi connectivity index (χ4n) is 1.96. The Morgan fingerprint density at radius 1 is 0.950 bits per heavy atom. The number of rotatable bonds is 1. The van der Waals surface area contributed by atoms with Gasteiger partial charge in [0.2, 0.25) is 0 Å². The molecule has 0 aromatic carbocycles. The van der Waals surface area contributed by atoms with Crippen LogP contribution in [0, 0.1) is 0 Å². The third-order valence-electron chi connectivity index (χ3n) is 2.82. The van der Waals surface area contributed by atoms with Crippen LogP contribution in [-0.4, -0.2) is 58.8 Å². The van der Waals surface area contributed by atoms with Crippen LogP contribution in [0.25, 0.3) is 0 Å². The van der Waals surface area contributed by atoms with Crippen molar-refractivity contribution in [3.63, 3.8) is 0 Å². The minimum atomic E-state index is -0.963. The average Bonchev–Trinajstić information content (AvgIpc) is 2.25. The largest absolute Gasteiger partial charge is 0.444 e. The molecule has 1 heterocycles. The molecule has 114 valence electrons. The van der Waals surface area contributed by atoms with Crippen LogP contribution in [0.3, 0.4) is 0 Å². The monoisotopic (exact) mass is 304 g/mol. The normalized spacial score (nSPS) is 17.2. The molecule has 0 atom stereocenters. The fraction of sp³-hybridized carbons (Fsp3) is 0.769. The topological polar surface area (TPSA) is 66.9 Å². The first-order chi connectivity index (χ1) is 9.20. The van der Waals surface area contributed by atoms with E-state index in [1.54, 1.807) is 4.90 Å². The van der Waals surface area contributed by atoms with Crippen molar-refractivity contribution < 1.29 is 19.1 Å². The van der Waals surface area contributed by atoms with E-state index in [0.29, 0.717) is 39.0 Å². The van der Waals surface area contributed by atoms with E-state index in [0.717, 1.165) is 0 Å². The van der Waals surface area contributed by atoms with Gasteiger partial charge in [-0.3, -0.25) is 9.59 Å². The van der Waals surface area contributed by atoms with E-state index >= 15 is 0 Å². The van der Waals surface area contributed by atoms with Crippen LogP contribution >= 0.6 is 11.6 Å². The summed E-state index contributed by atoms with van der Waals surface area (Å²) in [6.07, 6.45) is 0.843. The highest BCUT2D eigenvalue weighted by atomic mass is 35.5. The highest BCUT2D eigenvalue weighted by Crippen LogP contribution is 2.12. The van der Waals surface area contributed by atoms with Crippen LogP contribution in [0.1, 0.15) is 33.6 Å². The van der Waals surface area contributed by atoms with Gasteiger partial charge in [-0.2, -0.15) is 0 Å². The van der Waals surface area contributed by atoms with Crippen molar-refractivity contribution in [2.75, 3.05) is 26.2 Å². The number of carbonyl (C=O) groups is 3. The molecule has 6 nitrogen and oxygen atoms in total. The lowest BCUT2D eigenvalue weighted by Crippen LogP contribution is -2.44. The summed E-state index contributed by atoms with van der Waals surface area (Å²) in [6, 6.07) is 0. The second kappa shape index (κ2) is 6.92. The Morgan fingerprint density at radius 3 is 1.80 bits per heavy atom. The molecule has 0 saturated carbocycles. The van der Waals surface area contributed by atoms with Gasteiger partial charge in [0.1, 0.15) is 5.60 Å². The number of nitrogens with zero attached hydrogens (tertiary/aromatic N) is 2. The van der Waals surface area contributed by atoms with Gasteiger partial charge >= 0.3 is 17.2 Å². The molecule has 1 saturated heterocycles. The Balaban J connectivity index is 2.51. The first kappa shape index (κ1) is 16.8. The van der Waals surface area contributed by atoms with Crippen molar-refractivity contribution in [1.29, 1.82) is 0 Å². The van der Waals surface area contributed by atoms with E-state index in [9.17, 15) is 14.4 Å². The molecule has 7 heteroatoms. The second-order valence-corrected chi connectivity index (χ2v) is 6.08. The molecule has 0 aromatic heterocycles. The molecule has 1 aliphatic rings. The molecule has 1 rings (SSSR count). The smallest absolute Gasteiger partial charge is 0.410 e. The zero-order valence-corrected chi connectivity index (χ0v) is 12.9. The van der Waals surface area contributed by atoms with E-state index in [1.165, 1.54) is 4.90 Å². The van der Waals surface area contributed by atoms with Crippen LogP contribution in [0.4, 0.5) is 4.79 Å². The van der Waals surface area contributed by atoms with E-state index in [1.807, 2.05) is 20.8 Å². The van der Waals surface area contributed by atoms with Crippen molar-refractivity contribution in [2.24, 2.45) is 0 Å². The molecule has 20 heavy (non-hydrogen) atoms. The van der Waals surface area contributed by atoms with Crippen LogP contribution in [-0.2, 0) is 14.3 Å². The summed E-state index contributed by atoms with van der Waals surface area (Å²) in [7, 11) is 0. The number of carbonyl (C=O) groups excluding carboxylic acids is 3. The molecule has 2 amide bonds. The highest BCUT2D eigenvalue weighted by molar-refractivity contribution is 6.80. The number of hydrogen-bond donors (Lipinski definition) is 0. The quantitative estimate of drug-likeness (QED) is 0.545. The molecule has 0 spiro atoms. The molecule has 0 aliphatic carbocycles. The van der Waals surface area contributed by atoms with Gasteiger partial charge in [-0.1, -0.05) is 0 Å². The number of hydrogen-bond acceptors (Lipinski definition) is 4. The van der Waals surface area contributed by atoms with Crippen molar-refractivity contribution in [1.82, 2.24) is 9.80 Å². The van der Waals surface area contributed by atoms with Gasteiger partial charge in [-0.25, -0.2) is 4.79 Å². The maximum absolute atomic E-state index is 12.0. The van der Waals surface area contributed by atoms with Gasteiger partial charge in [0, 0.05) is 26.2 Å². The molecule has 0 aromatic rings. The Bertz CT molecular complexity index is 382. The van der Waals surface area contributed by atoms with Gasteiger partial charge in [-0.15, -0.1) is 0 Å². The molecule has 0 radical (unpaired) electrons. The van der Waals surface area contributed by atoms with Crippen LogP contribution in [0.2, 0.25) is 0 Å². The second-order valence-electron chi connectivity index (χ2n) is 5.74. The number of amides is 2. The fourth-order valence-corrected chi connectivity index (χ4v) is 2.08. The van der Waals surface area contributed by atoms with Crippen LogP contribution in [0.15, 0.2) is 0 Å². The summed E-state index contributed by atoms with van der Waals surface area (Å²) in [6.45, 7) is 7.28. The molecular weight excluding hydrogens is 284 g/mol. The van der Waals surface area contributed by atoms with E-state index in [-0.39, 0.29) is 6.09 Å². The SMILES string of the molecule is CC(C)(C)OC(=O)N1CCCN(C(=O)C(=O)Cl)CCC1. The minimum Gasteiger partial charge on any atom is -0.444 e. The summed E-state index contributed by atoms with van der Waals surface area (Å²) < 4.78 is 5.32. The van der Waals surface area contributed by atoms with E-state index in [2.05, 4.69) is 0 Å². The molecule has 0 N–H and O–H groups in total. The first-order valence-corrected chi connectivity index (χ1v) is 7.05. The lowest BCUT2D eigenvalue weighted by molar-refractivity contribution is -0.141. The van der Waals surface area contributed by atoms with E-state index in [4.69, 9.17) is 16.3 Å². The van der Waals surface area contributed by atoms with Crippen molar-refractivity contribution in [2.45, 2.75) is 39.2 Å². The minimum absolute atomic E-state index is 0.342. The van der Waals surface area contributed by atoms with E-state index < -0.39 is 16.8 Å². The Kier molecular flexibility index (Phi) is 5.80. The summed E-state index contributed by atoms with van der Waals surface area (Å²) in [5.74, 6) is -0.669. The van der Waals surface area contributed by atoms with Crippen molar-refractivity contribution in [3.05, 3.63) is 0 Å². The summed E-state index contributed by atoms with van der Waals surface area (Å²) in [5, 5.41) is -0.963. The van der Waals surface area contributed by atoms with Crippen LogP contribution in [0.5, 0.6) is 0 Å². The zero-order chi connectivity index (χ0) is 15.3. The number of ether oxygens (including phenoxy) is 1. The maximum atomic E-state index is 12.0. The van der Waals surface area contributed by atoms with Gasteiger partial charge in [-0.05, 0) is 45.2 Å². The molecule has 0 bridgehead atoms. The van der Waals surface area contributed by atoms with Gasteiger partial charge < -0.3 is 14.5 Å². The Labute approximate surface area is 124 Å². The highest BCUT2D eigenvalue weighted by Gasteiger charge is 2.25. The predicted octanol–water partition coefficient (Wildman–Crippen LogP) is 1.61. The van der Waals surface area contributed by atoms with Crippen molar-refractivity contribution >= 4 is 28.8 Å². The van der Waals surface area contributed by atoms with Gasteiger partial charge in [0.25, 0.3) is 0 Å². The van der Waals surface area contributed by atoms with Gasteiger partial charge in [0.15, 0.2) is 0 Å². The lowest BCUT2D eigenvalue weighted by atomic mass is 10.2. The van der Waals surface area contributed by atoms with Crippen LogP contribution < -0.4 is 0 Å². The summed E-state index contributed by atoms with van der Waals surface area (Å²) >= 11 is 5.19. The van der Waals surface area contributed by atoms with Crippen molar-refractivity contribution in [3.8, 4) is 0 Å². The Morgan fingerprint density at radius 2 is 1.40 bits per heavy atom. The predicted molar refractivity (Wildman–Crippen MR) is 74.5 cm³/mol. The molecular formula is C13H21ClN2O4. The lowest BCUT2D eigenvalue weighted by Gasteiger charge is -2.31. The maximum Gasteiger partial charge on any atom is 0.410 e. The molecule has 1 aliphatic heterocycles. The zero-order valence-electron chi connectivity index (χ0n) is 12.1. The summed E-state index contributed by atoms with van der Waals surface area (Å²) in [4.78, 5) is 37.4. The average molecular weight is 305 g/mol.